The summed E-state index contributed by atoms with van der Waals surface area (Å²) < 4.78 is 0. The molecule has 3 rings (SSSR count). The zero-order valence-corrected chi connectivity index (χ0v) is 13.8. The van der Waals surface area contributed by atoms with Crippen molar-refractivity contribution in [2.24, 2.45) is 0 Å². The average Bonchev–Trinajstić information content (AvgIpc) is 3.12. The number of carbonyl (C=O) groups is 2. The summed E-state index contributed by atoms with van der Waals surface area (Å²) >= 11 is 1.60. The molecule has 0 fully saturated rings. The van der Waals surface area contributed by atoms with Gasteiger partial charge in [-0.1, -0.05) is 13.0 Å². The van der Waals surface area contributed by atoms with Crippen molar-refractivity contribution in [3.63, 3.8) is 0 Å². The third kappa shape index (κ3) is 3.76. The van der Waals surface area contributed by atoms with E-state index in [0.717, 1.165) is 40.4 Å². The van der Waals surface area contributed by atoms with E-state index in [-0.39, 0.29) is 11.8 Å². The number of thiazole rings is 1. The molecule has 1 aliphatic rings. The van der Waals surface area contributed by atoms with Gasteiger partial charge in [-0.25, -0.2) is 4.98 Å². The molecule has 120 valence electrons. The number of rotatable bonds is 6. The molecule has 0 saturated carbocycles. The van der Waals surface area contributed by atoms with Crippen LogP contribution in [0, 0.1) is 0 Å². The second-order valence-electron chi connectivity index (χ2n) is 5.57. The molecule has 0 spiro atoms. The molecule has 23 heavy (non-hydrogen) atoms. The summed E-state index contributed by atoms with van der Waals surface area (Å²) in [5.41, 5.74) is 3.87. The highest BCUT2D eigenvalue weighted by atomic mass is 32.1. The summed E-state index contributed by atoms with van der Waals surface area (Å²) in [5, 5.41) is 8.76. The fraction of sp³-hybridized carbons (Fsp3) is 0.353. The Hall–Kier alpha value is -2.21. The molecule has 5 nitrogen and oxygen atoms in total. The number of fused-ring (bicyclic) bond motifs is 1. The largest absolute Gasteiger partial charge is 0.356 e. The smallest absolute Gasteiger partial charge is 0.228 e. The Kier molecular flexibility index (Phi) is 4.71. The van der Waals surface area contributed by atoms with Gasteiger partial charge in [0, 0.05) is 36.0 Å². The van der Waals surface area contributed by atoms with E-state index in [1.807, 2.05) is 30.5 Å². The van der Waals surface area contributed by atoms with Crippen LogP contribution < -0.4 is 10.6 Å². The van der Waals surface area contributed by atoms with Crippen molar-refractivity contribution in [1.82, 2.24) is 10.3 Å². The fourth-order valence-corrected chi connectivity index (χ4v) is 3.38. The quantitative estimate of drug-likeness (QED) is 0.856. The lowest BCUT2D eigenvalue weighted by molar-refractivity contribution is -0.121. The van der Waals surface area contributed by atoms with Crippen molar-refractivity contribution in [1.29, 1.82) is 0 Å². The van der Waals surface area contributed by atoms with Crippen LogP contribution in [0.4, 0.5) is 5.69 Å². The van der Waals surface area contributed by atoms with Crippen LogP contribution in [0.15, 0.2) is 23.6 Å². The molecule has 2 N–H and O–H groups in total. The van der Waals surface area contributed by atoms with E-state index in [0.29, 0.717) is 19.4 Å². The highest BCUT2D eigenvalue weighted by Gasteiger charge is 2.18. The number of amides is 2. The van der Waals surface area contributed by atoms with Crippen LogP contribution in [0.3, 0.4) is 0 Å². The molecule has 1 aromatic heterocycles. The Balaban J connectivity index is 1.62. The van der Waals surface area contributed by atoms with Gasteiger partial charge in [0.05, 0.1) is 17.1 Å². The molecule has 0 radical (unpaired) electrons. The number of hydrogen-bond donors (Lipinski definition) is 2. The number of carbonyl (C=O) groups excluding carboxylic acids is 2. The van der Waals surface area contributed by atoms with Crippen molar-refractivity contribution < 1.29 is 9.59 Å². The Morgan fingerprint density at radius 1 is 1.43 bits per heavy atom. The second kappa shape index (κ2) is 6.91. The SMILES string of the molecule is CCCC(=O)NCCc1nc(-c2ccc3c(c2)CC(=O)N3)cs1. The van der Waals surface area contributed by atoms with Crippen molar-refractivity contribution in [2.45, 2.75) is 32.6 Å². The van der Waals surface area contributed by atoms with Gasteiger partial charge in [0.1, 0.15) is 0 Å². The Morgan fingerprint density at radius 3 is 3.13 bits per heavy atom. The summed E-state index contributed by atoms with van der Waals surface area (Å²) in [6, 6.07) is 5.93. The van der Waals surface area contributed by atoms with Crippen molar-refractivity contribution in [2.75, 3.05) is 11.9 Å². The number of anilines is 1. The first-order valence-corrected chi connectivity index (χ1v) is 8.68. The molecule has 2 heterocycles. The maximum Gasteiger partial charge on any atom is 0.228 e. The van der Waals surface area contributed by atoms with E-state index in [9.17, 15) is 9.59 Å². The van der Waals surface area contributed by atoms with Crippen LogP contribution in [0.2, 0.25) is 0 Å². The summed E-state index contributed by atoms with van der Waals surface area (Å²) in [4.78, 5) is 27.5. The third-order valence-corrected chi connectivity index (χ3v) is 4.62. The van der Waals surface area contributed by atoms with Gasteiger partial charge in [-0.2, -0.15) is 0 Å². The van der Waals surface area contributed by atoms with Gasteiger partial charge in [0.2, 0.25) is 11.8 Å². The summed E-state index contributed by atoms with van der Waals surface area (Å²) in [7, 11) is 0. The second-order valence-corrected chi connectivity index (χ2v) is 6.52. The topological polar surface area (TPSA) is 71.1 Å². The number of benzene rings is 1. The maximum atomic E-state index is 11.4. The van der Waals surface area contributed by atoms with Crippen LogP contribution in [-0.4, -0.2) is 23.3 Å². The summed E-state index contributed by atoms with van der Waals surface area (Å²) in [6.07, 6.45) is 2.61. The summed E-state index contributed by atoms with van der Waals surface area (Å²) in [6.45, 7) is 2.61. The Bertz CT molecular complexity index is 739. The van der Waals surface area contributed by atoms with Gasteiger partial charge in [0.25, 0.3) is 0 Å². The molecule has 0 atom stereocenters. The molecule has 2 amide bonds. The molecule has 0 unspecified atom stereocenters. The molecule has 1 aliphatic heterocycles. The lowest BCUT2D eigenvalue weighted by Crippen LogP contribution is -2.25. The lowest BCUT2D eigenvalue weighted by atomic mass is 10.1. The molecule has 0 aliphatic carbocycles. The first kappa shape index (κ1) is 15.7. The lowest BCUT2D eigenvalue weighted by Gasteiger charge is -2.02. The van der Waals surface area contributed by atoms with E-state index in [2.05, 4.69) is 15.6 Å². The standard InChI is InChI=1S/C17H19N3O2S/c1-2-3-15(21)18-7-6-17-20-14(10-23-17)11-4-5-13-12(8-11)9-16(22)19-13/h4-5,8,10H,2-3,6-7,9H2,1H3,(H,18,21)(H,19,22). The van der Waals surface area contributed by atoms with Crippen LogP contribution in [0.25, 0.3) is 11.3 Å². The van der Waals surface area contributed by atoms with Crippen LogP contribution in [-0.2, 0) is 22.4 Å². The van der Waals surface area contributed by atoms with Crippen LogP contribution in [0.1, 0.15) is 30.3 Å². The zero-order chi connectivity index (χ0) is 16.2. The first-order valence-electron chi connectivity index (χ1n) is 7.80. The average molecular weight is 329 g/mol. The Labute approximate surface area is 139 Å². The Morgan fingerprint density at radius 2 is 2.30 bits per heavy atom. The van der Waals surface area contributed by atoms with E-state index in [1.54, 1.807) is 11.3 Å². The molecular weight excluding hydrogens is 310 g/mol. The van der Waals surface area contributed by atoms with Gasteiger partial charge >= 0.3 is 0 Å². The molecule has 6 heteroatoms. The summed E-state index contributed by atoms with van der Waals surface area (Å²) in [5.74, 6) is 0.138. The minimum Gasteiger partial charge on any atom is -0.356 e. The van der Waals surface area contributed by atoms with Gasteiger partial charge in [-0.3, -0.25) is 9.59 Å². The monoisotopic (exact) mass is 329 g/mol. The normalized spacial score (nSPS) is 12.8. The minimum absolute atomic E-state index is 0.0407. The van der Waals surface area contributed by atoms with Gasteiger partial charge < -0.3 is 10.6 Å². The van der Waals surface area contributed by atoms with E-state index in [1.165, 1.54) is 0 Å². The van der Waals surface area contributed by atoms with Gasteiger partial charge in [-0.15, -0.1) is 11.3 Å². The van der Waals surface area contributed by atoms with Gasteiger partial charge in [0.15, 0.2) is 0 Å². The predicted octanol–water partition coefficient (Wildman–Crippen LogP) is 2.76. The molecule has 1 aromatic carbocycles. The highest BCUT2D eigenvalue weighted by molar-refractivity contribution is 7.09. The molecule has 2 aromatic rings. The van der Waals surface area contributed by atoms with E-state index >= 15 is 0 Å². The predicted molar refractivity (Wildman–Crippen MR) is 91.5 cm³/mol. The van der Waals surface area contributed by atoms with E-state index in [4.69, 9.17) is 0 Å². The van der Waals surface area contributed by atoms with Crippen molar-refractivity contribution in [3.8, 4) is 11.3 Å². The molecular formula is C17H19N3O2S. The number of nitrogens with one attached hydrogen (secondary N) is 2. The first-order chi connectivity index (χ1) is 11.2. The van der Waals surface area contributed by atoms with Crippen LogP contribution in [0.5, 0.6) is 0 Å². The van der Waals surface area contributed by atoms with Crippen molar-refractivity contribution >= 4 is 28.8 Å². The highest BCUT2D eigenvalue weighted by Crippen LogP contribution is 2.29. The zero-order valence-electron chi connectivity index (χ0n) is 13.0. The van der Waals surface area contributed by atoms with Crippen molar-refractivity contribution in [3.05, 3.63) is 34.2 Å². The number of nitrogens with zero attached hydrogens (tertiary/aromatic N) is 1. The van der Waals surface area contributed by atoms with E-state index < -0.39 is 0 Å². The maximum absolute atomic E-state index is 11.4. The minimum atomic E-state index is 0.0407. The number of aromatic nitrogens is 1. The third-order valence-electron chi connectivity index (χ3n) is 3.72. The fourth-order valence-electron chi connectivity index (χ4n) is 2.57. The van der Waals surface area contributed by atoms with Crippen LogP contribution >= 0.6 is 11.3 Å². The van der Waals surface area contributed by atoms with Gasteiger partial charge in [-0.05, 0) is 24.1 Å². The molecule has 0 saturated heterocycles. The number of hydrogen-bond acceptors (Lipinski definition) is 4. The molecule has 0 bridgehead atoms.